The second kappa shape index (κ2) is 7.51. The smallest absolute Gasteiger partial charge is 0.134 e. The van der Waals surface area contributed by atoms with Gasteiger partial charge in [0.25, 0.3) is 0 Å². The van der Waals surface area contributed by atoms with E-state index in [1.165, 1.54) is 50.2 Å². The fourth-order valence-electron chi connectivity index (χ4n) is 4.48. The Balaban J connectivity index is 1.62. The van der Waals surface area contributed by atoms with Crippen molar-refractivity contribution in [3.63, 3.8) is 0 Å². The Labute approximate surface area is 139 Å². The normalized spacial score (nSPS) is 28.3. The van der Waals surface area contributed by atoms with Gasteiger partial charge in [-0.2, -0.15) is 0 Å². The van der Waals surface area contributed by atoms with E-state index in [1.807, 2.05) is 12.1 Å². The third kappa shape index (κ3) is 3.79. The van der Waals surface area contributed by atoms with Crippen molar-refractivity contribution in [2.75, 3.05) is 7.11 Å². The first-order valence-corrected chi connectivity index (χ1v) is 9.24. The molecule has 0 radical (unpaired) electrons. The summed E-state index contributed by atoms with van der Waals surface area (Å²) in [5.74, 6) is 3.12. The van der Waals surface area contributed by atoms with Crippen LogP contribution in [-0.4, -0.2) is 7.11 Å². The topological polar surface area (TPSA) is 9.23 Å². The van der Waals surface area contributed by atoms with Gasteiger partial charge in [-0.1, -0.05) is 32.3 Å². The first kappa shape index (κ1) is 16.5. The Kier molecular flexibility index (Phi) is 5.40. The predicted molar refractivity (Wildman–Crippen MR) is 94.0 cm³/mol. The number of benzene rings is 1. The number of halogens is 1. The van der Waals surface area contributed by atoms with Crippen LogP contribution in [0.15, 0.2) is 24.3 Å². The van der Waals surface area contributed by atoms with Crippen molar-refractivity contribution < 1.29 is 9.13 Å². The van der Waals surface area contributed by atoms with Gasteiger partial charge in [0, 0.05) is 11.6 Å². The SMILES string of the molecule is CCC1CCC(C2CC=C(c3ccc(OC)cc3F)CC2)CC1. The molecule has 0 heterocycles. The molecular formula is C21H29FO. The molecule has 1 aromatic rings. The highest BCUT2D eigenvalue weighted by Crippen LogP contribution is 2.42. The van der Waals surface area contributed by atoms with E-state index in [4.69, 9.17) is 4.74 Å². The van der Waals surface area contributed by atoms with E-state index in [0.717, 1.165) is 36.2 Å². The van der Waals surface area contributed by atoms with E-state index in [2.05, 4.69) is 13.0 Å². The van der Waals surface area contributed by atoms with Gasteiger partial charge in [0.2, 0.25) is 0 Å². The maximum atomic E-state index is 14.2. The van der Waals surface area contributed by atoms with Gasteiger partial charge in [0.15, 0.2) is 0 Å². The van der Waals surface area contributed by atoms with Gasteiger partial charge in [-0.25, -0.2) is 4.39 Å². The third-order valence-electron chi connectivity index (χ3n) is 6.11. The molecule has 1 atom stereocenters. The Hall–Kier alpha value is -1.31. The van der Waals surface area contributed by atoms with E-state index in [1.54, 1.807) is 7.11 Å². The summed E-state index contributed by atoms with van der Waals surface area (Å²) in [7, 11) is 1.58. The van der Waals surface area contributed by atoms with Gasteiger partial charge in [-0.3, -0.25) is 0 Å². The molecule has 1 saturated carbocycles. The zero-order valence-electron chi connectivity index (χ0n) is 14.5. The average molecular weight is 316 g/mol. The second-order valence-corrected chi connectivity index (χ2v) is 7.30. The minimum absolute atomic E-state index is 0.155. The van der Waals surface area contributed by atoms with Crippen LogP contribution in [0.5, 0.6) is 5.75 Å². The third-order valence-corrected chi connectivity index (χ3v) is 6.11. The molecule has 1 unspecified atom stereocenters. The minimum atomic E-state index is -0.155. The van der Waals surface area contributed by atoms with Crippen LogP contribution in [0.25, 0.3) is 5.57 Å². The Morgan fingerprint density at radius 2 is 1.87 bits per heavy atom. The van der Waals surface area contributed by atoms with Crippen LogP contribution in [0.3, 0.4) is 0 Å². The molecule has 1 aromatic carbocycles. The monoisotopic (exact) mass is 316 g/mol. The summed E-state index contributed by atoms with van der Waals surface area (Å²) in [6.07, 6.45) is 12.7. The molecule has 0 aliphatic heterocycles. The van der Waals surface area contributed by atoms with Crippen molar-refractivity contribution in [3.8, 4) is 5.75 Å². The van der Waals surface area contributed by atoms with Crippen LogP contribution >= 0.6 is 0 Å². The lowest BCUT2D eigenvalue weighted by molar-refractivity contribution is 0.192. The predicted octanol–water partition coefficient (Wildman–Crippen LogP) is 6.23. The van der Waals surface area contributed by atoms with Gasteiger partial charge in [-0.15, -0.1) is 0 Å². The molecule has 23 heavy (non-hydrogen) atoms. The highest BCUT2D eigenvalue weighted by atomic mass is 19.1. The molecule has 0 amide bonds. The first-order chi connectivity index (χ1) is 11.2. The maximum Gasteiger partial charge on any atom is 0.134 e. The molecule has 0 spiro atoms. The Morgan fingerprint density at radius 3 is 2.43 bits per heavy atom. The fraction of sp³-hybridized carbons (Fsp3) is 0.619. The zero-order valence-corrected chi connectivity index (χ0v) is 14.5. The zero-order chi connectivity index (χ0) is 16.2. The molecule has 0 bridgehead atoms. The lowest BCUT2D eigenvalue weighted by atomic mass is 9.70. The van der Waals surface area contributed by atoms with Gasteiger partial charge >= 0.3 is 0 Å². The van der Waals surface area contributed by atoms with Crippen LogP contribution in [-0.2, 0) is 0 Å². The highest BCUT2D eigenvalue weighted by molar-refractivity contribution is 5.67. The van der Waals surface area contributed by atoms with Crippen LogP contribution in [0.4, 0.5) is 4.39 Å². The molecule has 0 saturated heterocycles. The largest absolute Gasteiger partial charge is 0.497 e. The van der Waals surface area contributed by atoms with Gasteiger partial charge in [-0.05, 0) is 67.6 Å². The summed E-state index contributed by atoms with van der Waals surface area (Å²) >= 11 is 0. The molecule has 1 nitrogen and oxygen atoms in total. The van der Waals surface area contributed by atoms with Gasteiger partial charge in [0.1, 0.15) is 11.6 Å². The number of hydrogen-bond acceptors (Lipinski definition) is 1. The molecule has 3 rings (SSSR count). The van der Waals surface area contributed by atoms with Crippen molar-refractivity contribution in [2.45, 2.75) is 58.3 Å². The summed E-state index contributed by atoms with van der Waals surface area (Å²) in [6, 6.07) is 5.22. The summed E-state index contributed by atoms with van der Waals surface area (Å²) in [4.78, 5) is 0. The molecular weight excluding hydrogens is 287 g/mol. The average Bonchev–Trinajstić information content (AvgIpc) is 2.62. The van der Waals surface area contributed by atoms with Gasteiger partial charge < -0.3 is 4.74 Å². The molecule has 2 aliphatic carbocycles. The highest BCUT2D eigenvalue weighted by Gasteiger charge is 2.28. The van der Waals surface area contributed by atoms with Crippen LogP contribution < -0.4 is 4.74 Å². The Morgan fingerprint density at radius 1 is 1.09 bits per heavy atom. The molecule has 0 N–H and O–H groups in total. The number of hydrogen-bond donors (Lipinski definition) is 0. The lowest BCUT2D eigenvalue weighted by Gasteiger charge is -2.35. The van der Waals surface area contributed by atoms with E-state index < -0.39 is 0 Å². The quantitative estimate of drug-likeness (QED) is 0.639. The summed E-state index contributed by atoms with van der Waals surface area (Å²) in [6.45, 7) is 2.32. The summed E-state index contributed by atoms with van der Waals surface area (Å²) < 4.78 is 19.3. The van der Waals surface area contributed by atoms with E-state index in [9.17, 15) is 4.39 Å². The minimum Gasteiger partial charge on any atom is -0.497 e. The van der Waals surface area contributed by atoms with Crippen LogP contribution in [0, 0.1) is 23.6 Å². The molecule has 2 heteroatoms. The summed E-state index contributed by atoms with van der Waals surface area (Å²) in [5.41, 5.74) is 1.95. The van der Waals surface area contributed by atoms with Gasteiger partial charge in [0.05, 0.1) is 7.11 Å². The van der Waals surface area contributed by atoms with Crippen molar-refractivity contribution in [1.29, 1.82) is 0 Å². The number of methoxy groups -OCH3 is 1. The van der Waals surface area contributed by atoms with Crippen molar-refractivity contribution >= 4 is 5.57 Å². The van der Waals surface area contributed by atoms with E-state index in [-0.39, 0.29) is 5.82 Å². The lowest BCUT2D eigenvalue weighted by Crippen LogP contribution is -2.23. The van der Waals surface area contributed by atoms with E-state index >= 15 is 0 Å². The number of allylic oxidation sites excluding steroid dienone is 2. The molecule has 0 aromatic heterocycles. The molecule has 126 valence electrons. The first-order valence-electron chi connectivity index (χ1n) is 9.24. The second-order valence-electron chi connectivity index (χ2n) is 7.30. The number of ether oxygens (including phenoxy) is 1. The number of rotatable bonds is 4. The maximum absolute atomic E-state index is 14.2. The molecule has 2 aliphatic rings. The van der Waals surface area contributed by atoms with Crippen LogP contribution in [0.1, 0.15) is 63.9 Å². The van der Waals surface area contributed by atoms with Crippen LogP contribution in [0.2, 0.25) is 0 Å². The fourth-order valence-corrected chi connectivity index (χ4v) is 4.48. The Bertz CT molecular complexity index is 555. The van der Waals surface area contributed by atoms with Crippen molar-refractivity contribution in [1.82, 2.24) is 0 Å². The standard InChI is InChI=1S/C21H29FO/c1-3-15-4-6-16(7-5-15)17-8-10-18(11-9-17)20-13-12-19(23-2)14-21(20)22/h10,12-17H,3-9,11H2,1-2H3. The molecule has 1 fully saturated rings. The van der Waals surface area contributed by atoms with Crippen molar-refractivity contribution in [2.24, 2.45) is 17.8 Å². The van der Waals surface area contributed by atoms with E-state index in [0.29, 0.717) is 5.75 Å². The summed E-state index contributed by atoms with van der Waals surface area (Å²) in [5, 5.41) is 0. The van der Waals surface area contributed by atoms with Crippen molar-refractivity contribution in [3.05, 3.63) is 35.7 Å².